The van der Waals surface area contributed by atoms with E-state index in [-0.39, 0.29) is 5.75 Å². The van der Waals surface area contributed by atoms with Gasteiger partial charge >= 0.3 is 11.9 Å². The number of ether oxygens (including phenoxy) is 1. The summed E-state index contributed by atoms with van der Waals surface area (Å²) < 4.78 is 8.03. The van der Waals surface area contributed by atoms with Gasteiger partial charge in [-0.05, 0) is 91.3 Å². The summed E-state index contributed by atoms with van der Waals surface area (Å²) >= 11 is 0. The lowest BCUT2D eigenvalue weighted by Crippen LogP contribution is -2.18. The first-order valence-corrected chi connectivity index (χ1v) is 19.7. The summed E-state index contributed by atoms with van der Waals surface area (Å²) in [6.07, 6.45) is 18.9. The first-order chi connectivity index (χ1) is 24.9. The van der Waals surface area contributed by atoms with Gasteiger partial charge in [0.15, 0.2) is 0 Å². The molecule has 6 heteroatoms. The Kier molecular flexibility index (Phi) is 11.0. The van der Waals surface area contributed by atoms with Gasteiger partial charge in [-0.25, -0.2) is 9.59 Å². The normalized spacial score (nSPS) is 17.1. The Morgan fingerprint density at radius 3 is 2.14 bits per heavy atom. The molecule has 3 aromatic carbocycles. The number of aromatic amines is 1. The van der Waals surface area contributed by atoms with Crippen molar-refractivity contribution < 1.29 is 19.4 Å². The van der Waals surface area contributed by atoms with Gasteiger partial charge in [-0.15, -0.1) is 0 Å². The number of fused-ring (bicyclic) bond motifs is 6. The summed E-state index contributed by atoms with van der Waals surface area (Å²) in [6.45, 7) is 5.02. The predicted octanol–water partition coefficient (Wildman–Crippen LogP) is 11.0. The summed E-state index contributed by atoms with van der Waals surface area (Å²) in [6, 6.07) is 18.9. The maximum Gasteiger partial charge on any atom is 0.348 e. The Bertz CT molecular complexity index is 2020. The van der Waals surface area contributed by atoms with Crippen molar-refractivity contribution in [1.82, 2.24) is 9.55 Å². The number of para-hydroxylation sites is 2. The number of hydrogen-bond donors (Lipinski definition) is 2. The quantitative estimate of drug-likeness (QED) is 0.0692. The van der Waals surface area contributed by atoms with Crippen molar-refractivity contribution in [3.05, 3.63) is 99.9 Å². The van der Waals surface area contributed by atoms with Crippen LogP contribution < -0.4 is 0 Å². The Balaban J connectivity index is 1.17. The number of nitrogens with zero attached hydrogens (tertiary/aromatic N) is 1. The van der Waals surface area contributed by atoms with E-state index in [1.807, 2.05) is 24.3 Å². The van der Waals surface area contributed by atoms with Crippen LogP contribution in [0.3, 0.4) is 0 Å². The van der Waals surface area contributed by atoms with E-state index in [0.29, 0.717) is 29.5 Å². The molecule has 2 aliphatic rings. The zero-order valence-electron chi connectivity index (χ0n) is 30.6. The molecule has 2 aliphatic carbocycles. The molecule has 6 nitrogen and oxygen atoms in total. The molecule has 2 aromatic heterocycles. The van der Waals surface area contributed by atoms with Gasteiger partial charge in [0.1, 0.15) is 5.75 Å². The molecule has 51 heavy (non-hydrogen) atoms. The van der Waals surface area contributed by atoms with E-state index in [9.17, 15) is 14.7 Å². The fourth-order valence-electron chi connectivity index (χ4n) is 9.05. The average molecular weight is 687 g/mol. The van der Waals surface area contributed by atoms with Crippen molar-refractivity contribution in [1.29, 1.82) is 0 Å². The second-order valence-corrected chi connectivity index (χ2v) is 15.3. The zero-order valence-corrected chi connectivity index (χ0v) is 30.6. The summed E-state index contributed by atoms with van der Waals surface area (Å²) in [4.78, 5) is 31.6. The van der Waals surface area contributed by atoms with Crippen LogP contribution in [0.5, 0.6) is 5.75 Å². The molecule has 0 fully saturated rings. The van der Waals surface area contributed by atoms with E-state index in [1.54, 1.807) is 24.3 Å². The largest absolute Gasteiger partial charge is 0.508 e. The minimum absolute atomic E-state index is 0.222. The number of aryl methyl sites for hydroxylation is 2. The third kappa shape index (κ3) is 7.52. The number of carbonyl (C=O) groups excluding carboxylic acids is 2. The second kappa shape index (κ2) is 15.9. The molecule has 0 bridgehead atoms. The molecule has 2 unspecified atom stereocenters. The van der Waals surface area contributed by atoms with Gasteiger partial charge in [0.05, 0.1) is 22.2 Å². The highest BCUT2D eigenvalue weighted by atomic mass is 16.6. The number of nitrogens with one attached hydrogen (secondary N) is 1. The molecule has 2 heterocycles. The van der Waals surface area contributed by atoms with Crippen molar-refractivity contribution in [2.45, 2.75) is 123 Å². The number of phenols is 1. The average Bonchev–Trinajstić information content (AvgIpc) is 3.66. The zero-order chi connectivity index (χ0) is 35.3. The number of benzene rings is 3. The van der Waals surface area contributed by atoms with Crippen LogP contribution in [-0.2, 0) is 37.0 Å². The Morgan fingerprint density at radius 1 is 0.765 bits per heavy atom. The van der Waals surface area contributed by atoms with Crippen LogP contribution in [0.1, 0.15) is 140 Å². The Hall–Kier alpha value is -4.32. The number of hydrogen-bond acceptors (Lipinski definition) is 4. The lowest BCUT2D eigenvalue weighted by Gasteiger charge is -2.24. The smallest absolute Gasteiger partial charge is 0.348 e. The lowest BCUT2D eigenvalue weighted by atomic mass is 9.83. The van der Waals surface area contributed by atoms with Crippen LogP contribution in [0.25, 0.3) is 21.8 Å². The molecule has 2 atom stereocenters. The molecule has 0 amide bonds. The second-order valence-electron chi connectivity index (χ2n) is 15.3. The van der Waals surface area contributed by atoms with E-state index in [4.69, 9.17) is 4.74 Å². The molecule has 0 radical (unpaired) electrons. The van der Waals surface area contributed by atoms with E-state index >= 15 is 0 Å². The number of aromatic hydroxyl groups is 1. The third-order valence-electron chi connectivity index (χ3n) is 11.7. The van der Waals surface area contributed by atoms with Crippen LogP contribution >= 0.6 is 0 Å². The number of rotatable bonds is 14. The molecule has 0 aliphatic heterocycles. The number of esters is 2. The fraction of sp³-hybridized carbons (Fsp3) is 0.467. The van der Waals surface area contributed by atoms with Gasteiger partial charge in [-0.1, -0.05) is 114 Å². The van der Waals surface area contributed by atoms with Crippen LogP contribution in [-0.4, -0.2) is 26.6 Å². The molecule has 7 rings (SSSR count). The van der Waals surface area contributed by atoms with E-state index < -0.39 is 11.9 Å². The minimum atomic E-state index is -0.630. The van der Waals surface area contributed by atoms with Gasteiger partial charge < -0.3 is 19.4 Å². The summed E-state index contributed by atoms with van der Waals surface area (Å²) in [5, 5.41) is 12.4. The molecule has 0 spiro atoms. The molecule has 0 saturated carbocycles. The van der Waals surface area contributed by atoms with Crippen LogP contribution in [0.15, 0.2) is 60.7 Å². The predicted molar refractivity (Wildman–Crippen MR) is 206 cm³/mol. The first-order valence-electron chi connectivity index (χ1n) is 19.7. The van der Waals surface area contributed by atoms with Crippen molar-refractivity contribution in [3.63, 3.8) is 0 Å². The molecular formula is C45H54N2O4. The van der Waals surface area contributed by atoms with Gasteiger partial charge in [-0.3, -0.25) is 0 Å². The van der Waals surface area contributed by atoms with E-state index in [1.165, 1.54) is 93.1 Å². The summed E-state index contributed by atoms with van der Waals surface area (Å²) in [7, 11) is 0. The molecule has 0 saturated heterocycles. The highest BCUT2D eigenvalue weighted by Crippen LogP contribution is 2.39. The minimum Gasteiger partial charge on any atom is -0.508 e. The summed E-state index contributed by atoms with van der Waals surface area (Å²) in [5.74, 6) is 0.231. The lowest BCUT2D eigenvalue weighted by molar-refractivity contribution is 0.0400. The van der Waals surface area contributed by atoms with Crippen molar-refractivity contribution in [2.24, 2.45) is 11.8 Å². The molecule has 5 aromatic rings. The maximum absolute atomic E-state index is 14.1. The molecule has 268 valence electrons. The van der Waals surface area contributed by atoms with Gasteiger partial charge in [0.2, 0.25) is 0 Å². The number of carbonyl (C=O) groups is 2. The summed E-state index contributed by atoms with van der Waals surface area (Å²) in [5.41, 5.74) is 8.45. The fourth-order valence-corrected chi connectivity index (χ4v) is 9.05. The number of unbranched alkanes of at least 4 members (excludes halogenated alkanes) is 6. The van der Waals surface area contributed by atoms with E-state index in [2.05, 4.69) is 35.5 Å². The Morgan fingerprint density at radius 2 is 1.41 bits per heavy atom. The monoisotopic (exact) mass is 686 g/mol. The van der Waals surface area contributed by atoms with E-state index in [0.717, 1.165) is 59.5 Å². The highest BCUT2D eigenvalue weighted by Gasteiger charge is 2.30. The standard InChI is InChI=1S/C45H54N2O4/c1-3-5-7-9-14-30-22-24-34-36-18-12-20-38(42(36)46-40(34)27-30)44(49)51-45(50)39-21-13-19-37-35-25-23-31(15-10-8-6-4-2)28-41(35)47(43(37)39)29-32-16-11-17-33(48)26-32/h11-13,16-21,26,30-31,46,48H,3-10,14-15,22-25,27-29H2,1-2H3. The van der Waals surface area contributed by atoms with Crippen molar-refractivity contribution >= 4 is 33.7 Å². The highest BCUT2D eigenvalue weighted by molar-refractivity contribution is 6.12. The number of aromatic nitrogens is 2. The molecular weight excluding hydrogens is 633 g/mol. The number of H-pyrrole nitrogens is 1. The molecule has 2 N–H and O–H groups in total. The van der Waals surface area contributed by atoms with Crippen LogP contribution in [0.4, 0.5) is 0 Å². The third-order valence-corrected chi connectivity index (χ3v) is 11.7. The van der Waals surface area contributed by atoms with Crippen LogP contribution in [0.2, 0.25) is 0 Å². The maximum atomic E-state index is 14.1. The van der Waals surface area contributed by atoms with Crippen molar-refractivity contribution in [2.75, 3.05) is 0 Å². The first kappa shape index (κ1) is 35.1. The SMILES string of the molecule is CCCCCCC1CCc2c([nH]c3c(C(=O)OC(=O)c4cccc5c6c(n(Cc7cccc(O)c7)c45)CC(CCCCCC)CC6)cccc23)C1. The van der Waals surface area contributed by atoms with Crippen molar-refractivity contribution in [3.8, 4) is 5.75 Å². The van der Waals surface area contributed by atoms with Gasteiger partial charge in [-0.2, -0.15) is 0 Å². The Labute approximate surface area is 302 Å². The topological polar surface area (TPSA) is 84.3 Å². The number of phenolic OH excluding ortho intramolecular Hbond substituents is 1. The van der Waals surface area contributed by atoms with Gasteiger partial charge in [0, 0.05) is 28.7 Å². The van der Waals surface area contributed by atoms with Crippen LogP contribution in [0, 0.1) is 11.8 Å². The van der Waals surface area contributed by atoms with Gasteiger partial charge in [0.25, 0.3) is 0 Å².